The number of carbonyl (C=O) groups excluding carboxylic acids is 1. The van der Waals surface area contributed by atoms with Crippen LogP contribution in [0.1, 0.15) is 23.2 Å². The third kappa shape index (κ3) is 2.27. The van der Waals surface area contributed by atoms with E-state index in [9.17, 15) is 26.7 Å². The molecule has 98 valence electrons. The molecule has 2 heterocycles. The zero-order chi connectivity index (χ0) is 13.5. The number of hydrogen-bond donors (Lipinski definition) is 0. The number of pyridine rings is 1. The molecule has 0 fully saturated rings. The second-order valence-electron chi connectivity index (χ2n) is 3.84. The van der Waals surface area contributed by atoms with E-state index in [0.717, 1.165) is 12.3 Å². The number of carbonyl (C=O) groups is 1. The fourth-order valence-electron chi connectivity index (χ4n) is 1.74. The molecule has 0 atom stereocenters. The predicted molar refractivity (Wildman–Crippen MR) is 49.5 cm³/mol. The largest absolute Gasteiger partial charge is 0.471 e. The Kier molecular flexibility index (Phi) is 2.95. The minimum absolute atomic E-state index is 0.260. The maximum Gasteiger partial charge on any atom is 0.471 e. The molecule has 2 rings (SSSR count). The lowest BCUT2D eigenvalue weighted by Gasteiger charge is -2.16. The molecule has 1 aromatic heterocycles. The summed E-state index contributed by atoms with van der Waals surface area (Å²) in [7, 11) is 0. The summed E-state index contributed by atoms with van der Waals surface area (Å²) in [5, 5.41) is 0. The molecule has 1 aliphatic heterocycles. The molecule has 0 saturated carbocycles. The van der Waals surface area contributed by atoms with Gasteiger partial charge in [-0.05, 0) is 17.2 Å². The van der Waals surface area contributed by atoms with Gasteiger partial charge in [0.25, 0.3) is 6.43 Å². The summed E-state index contributed by atoms with van der Waals surface area (Å²) in [5.41, 5.74) is 0.130. The number of fused-ring (bicyclic) bond motifs is 1. The molecular weight excluding hydrogens is 259 g/mol. The number of aromatic nitrogens is 1. The van der Waals surface area contributed by atoms with Gasteiger partial charge in [-0.15, -0.1) is 0 Å². The second-order valence-corrected chi connectivity index (χ2v) is 3.84. The van der Waals surface area contributed by atoms with Gasteiger partial charge in [0.1, 0.15) is 5.69 Å². The van der Waals surface area contributed by atoms with Gasteiger partial charge in [0.05, 0.1) is 0 Å². The van der Waals surface area contributed by atoms with Gasteiger partial charge in [-0.2, -0.15) is 13.2 Å². The molecular formula is C10H7F5N2O. The van der Waals surface area contributed by atoms with Gasteiger partial charge >= 0.3 is 12.1 Å². The Labute approximate surface area is 98.2 Å². The van der Waals surface area contributed by atoms with Crippen molar-refractivity contribution < 1.29 is 26.7 Å². The standard InChI is InChI=1S/C10H7F5N2O/c11-8(12)7-1-5-3-17(4-6(5)2-16-7)9(18)10(13,14)15/h1-2,8H,3-4H2. The molecule has 0 saturated heterocycles. The fraction of sp³-hybridized carbons (Fsp3) is 0.400. The molecule has 18 heavy (non-hydrogen) atoms. The normalized spacial score (nSPS) is 15.1. The average molecular weight is 266 g/mol. The molecule has 0 radical (unpaired) electrons. The minimum atomic E-state index is -4.96. The third-order valence-corrected chi connectivity index (χ3v) is 2.58. The Balaban J connectivity index is 2.20. The molecule has 0 aliphatic carbocycles. The first kappa shape index (κ1) is 12.7. The Morgan fingerprint density at radius 3 is 2.44 bits per heavy atom. The summed E-state index contributed by atoms with van der Waals surface area (Å²) < 4.78 is 61.3. The van der Waals surface area contributed by atoms with Gasteiger partial charge in [-0.25, -0.2) is 8.78 Å². The zero-order valence-electron chi connectivity index (χ0n) is 8.84. The van der Waals surface area contributed by atoms with Crippen LogP contribution < -0.4 is 0 Å². The summed E-state index contributed by atoms with van der Waals surface area (Å²) in [5.74, 6) is -1.97. The van der Waals surface area contributed by atoms with E-state index in [4.69, 9.17) is 0 Å². The predicted octanol–water partition coefficient (Wildman–Crippen LogP) is 2.42. The van der Waals surface area contributed by atoms with Gasteiger partial charge in [0, 0.05) is 19.3 Å². The Morgan fingerprint density at radius 2 is 1.89 bits per heavy atom. The molecule has 0 N–H and O–H groups in total. The van der Waals surface area contributed by atoms with Gasteiger partial charge < -0.3 is 4.90 Å². The highest BCUT2D eigenvalue weighted by molar-refractivity contribution is 5.82. The maximum atomic E-state index is 12.4. The molecule has 8 heteroatoms. The van der Waals surface area contributed by atoms with E-state index >= 15 is 0 Å². The lowest BCUT2D eigenvalue weighted by molar-refractivity contribution is -0.186. The van der Waals surface area contributed by atoms with Crippen LogP contribution in [0.4, 0.5) is 22.0 Å². The van der Waals surface area contributed by atoms with E-state index in [-0.39, 0.29) is 18.7 Å². The lowest BCUT2D eigenvalue weighted by atomic mass is 10.1. The first-order valence-corrected chi connectivity index (χ1v) is 4.91. The number of hydrogen-bond acceptors (Lipinski definition) is 2. The topological polar surface area (TPSA) is 33.2 Å². The van der Waals surface area contributed by atoms with Crippen LogP contribution in [0, 0.1) is 0 Å². The molecule has 1 aromatic rings. The van der Waals surface area contributed by atoms with Crippen molar-refractivity contribution in [3.63, 3.8) is 0 Å². The second kappa shape index (κ2) is 4.18. The first-order chi connectivity index (χ1) is 8.29. The zero-order valence-corrected chi connectivity index (χ0v) is 8.84. The monoisotopic (exact) mass is 266 g/mol. The fourth-order valence-corrected chi connectivity index (χ4v) is 1.74. The van der Waals surface area contributed by atoms with E-state index in [1.807, 2.05) is 0 Å². The molecule has 1 amide bonds. The summed E-state index contributed by atoms with van der Waals surface area (Å²) in [6, 6.07) is 1.03. The summed E-state index contributed by atoms with van der Waals surface area (Å²) in [4.78, 5) is 15.0. The highest BCUT2D eigenvalue weighted by Gasteiger charge is 2.44. The van der Waals surface area contributed by atoms with Crippen LogP contribution in [0.25, 0.3) is 0 Å². The average Bonchev–Trinajstić information content (AvgIpc) is 2.68. The van der Waals surface area contributed by atoms with E-state index in [0.29, 0.717) is 10.5 Å². The van der Waals surface area contributed by atoms with Gasteiger partial charge in [-0.3, -0.25) is 9.78 Å². The number of rotatable bonds is 1. The highest BCUT2D eigenvalue weighted by Crippen LogP contribution is 2.29. The molecule has 0 aromatic carbocycles. The van der Waals surface area contributed by atoms with Crippen LogP contribution in [-0.2, 0) is 17.9 Å². The van der Waals surface area contributed by atoms with Crippen LogP contribution >= 0.6 is 0 Å². The van der Waals surface area contributed by atoms with Gasteiger partial charge in [0.2, 0.25) is 0 Å². The summed E-state index contributed by atoms with van der Waals surface area (Å²) in [6.45, 7) is -0.583. The van der Waals surface area contributed by atoms with Crippen molar-refractivity contribution in [3.8, 4) is 0 Å². The smallest absolute Gasteiger partial charge is 0.326 e. The van der Waals surface area contributed by atoms with E-state index in [1.165, 1.54) is 0 Å². The third-order valence-electron chi connectivity index (χ3n) is 2.58. The van der Waals surface area contributed by atoms with Crippen LogP contribution in [-0.4, -0.2) is 22.0 Å². The SMILES string of the molecule is O=C(N1Cc2cnc(C(F)F)cc2C1)C(F)(F)F. The summed E-state index contributed by atoms with van der Waals surface area (Å²) in [6.07, 6.45) is -6.66. The van der Waals surface area contributed by atoms with Gasteiger partial charge in [-0.1, -0.05) is 0 Å². The summed E-state index contributed by atoms with van der Waals surface area (Å²) >= 11 is 0. The van der Waals surface area contributed by atoms with E-state index in [1.54, 1.807) is 0 Å². The van der Waals surface area contributed by atoms with Crippen LogP contribution in [0.5, 0.6) is 0 Å². The van der Waals surface area contributed by atoms with Crippen LogP contribution in [0.15, 0.2) is 12.3 Å². The highest BCUT2D eigenvalue weighted by atomic mass is 19.4. The van der Waals surface area contributed by atoms with Crippen molar-refractivity contribution in [2.75, 3.05) is 0 Å². The number of halogens is 5. The van der Waals surface area contributed by atoms with Crippen LogP contribution in [0.2, 0.25) is 0 Å². The van der Waals surface area contributed by atoms with Gasteiger partial charge in [0.15, 0.2) is 0 Å². The van der Waals surface area contributed by atoms with Crippen molar-refractivity contribution in [3.05, 3.63) is 29.1 Å². The first-order valence-electron chi connectivity index (χ1n) is 4.91. The molecule has 3 nitrogen and oxygen atoms in total. The van der Waals surface area contributed by atoms with Crippen molar-refractivity contribution in [2.24, 2.45) is 0 Å². The van der Waals surface area contributed by atoms with Crippen molar-refractivity contribution in [1.82, 2.24) is 9.88 Å². The molecule has 1 aliphatic rings. The Morgan fingerprint density at radius 1 is 1.28 bits per heavy atom. The molecule has 0 bridgehead atoms. The van der Waals surface area contributed by atoms with E-state index < -0.39 is 24.2 Å². The van der Waals surface area contributed by atoms with Crippen molar-refractivity contribution in [2.45, 2.75) is 25.7 Å². The number of alkyl halides is 5. The molecule has 0 unspecified atom stereocenters. The quantitative estimate of drug-likeness (QED) is 0.731. The number of nitrogens with zero attached hydrogens (tertiary/aromatic N) is 2. The maximum absolute atomic E-state index is 12.4. The Bertz CT molecular complexity index is 486. The Hall–Kier alpha value is -1.73. The lowest BCUT2D eigenvalue weighted by Crippen LogP contribution is -2.37. The minimum Gasteiger partial charge on any atom is -0.326 e. The number of amides is 1. The van der Waals surface area contributed by atoms with E-state index in [2.05, 4.69) is 4.98 Å². The molecule has 0 spiro atoms. The van der Waals surface area contributed by atoms with Crippen molar-refractivity contribution in [1.29, 1.82) is 0 Å². The van der Waals surface area contributed by atoms with Crippen molar-refractivity contribution >= 4 is 5.91 Å². The van der Waals surface area contributed by atoms with Crippen LogP contribution in [0.3, 0.4) is 0 Å².